The van der Waals surface area contributed by atoms with Crippen LogP contribution in [0, 0.1) is 18.3 Å². The Labute approximate surface area is 101 Å². The molecule has 86 valence electrons. The monoisotopic (exact) mass is 235 g/mol. The van der Waals surface area contributed by atoms with E-state index in [0.29, 0.717) is 5.56 Å². The number of hydrogen-bond acceptors (Lipinski definition) is 4. The van der Waals surface area contributed by atoms with E-state index >= 15 is 0 Å². The van der Waals surface area contributed by atoms with Crippen LogP contribution in [0.3, 0.4) is 0 Å². The van der Waals surface area contributed by atoms with Crippen LogP contribution in [0.1, 0.15) is 24.1 Å². The summed E-state index contributed by atoms with van der Waals surface area (Å²) in [6.07, 6.45) is 4.47. The van der Waals surface area contributed by atoms with Gasteiger partial charge in [0.25, 0.3) is 0 Å². The second-order valence-corrected chi connectivity index (χ2v) is 4.61. The summed E-state index contributed by atoms with van der Waals surface area (Å²) in [7, 11) is 0. The van der Waals surface area contributed by atoms with Crippen molar-refractivity contribution in [3.63, 3.8) is 0 Å². The maximum atomic E-state index is 8.82. The number of aryl methyl sites for hydroxylation is 1. The SMILES string of the molecule is CSCCCCNc1cc(C#N)cc(C)n1. The zero-order valence-electron chi connectivity index (χ0n) is 9.79. The molecule has 16 heavy (non-hydrogen) atoms. The third-order valence-corrected chi connectivity index (χ3v) is 2.86. The first-order valence-electron chi connectivity index (χ1n) is 5.38. The highest BCUT2D eigenvalue weighted by molar-refractivity contribution is 7.98. The van der Waals surface area contributed by atoms with Crippen molar-refractivity contribution in [2.24, 2.45) is 0 Å². The van der Waals surface area contributed by atoms with Gasteiger partial charge in [0.15, 0.2) is 0 Å². The van der Waals surface area contributed by atoms with Gasteiger partial charge >= 0.3 is 0 Å². The van der Waals surface area contributed by atoms with Crippen molar-refractivity contribution >= 4 is 17.6 Å². The lowest BCUT2D eigenvalue weighted by molar-refractivity contribution is 0.839. The topological polar surface area (TPSA) is 48.7 Å². The van der Waals surface area contributed by atoms with Gasteiger partial charge in [-0.3, -0.25) is 0 Å². The van der Waals surface area contributed by atoms with Crippen molar-refractivity contribution in [1.29, 1.82) is 5.26 Å². The quantitative estimate of drug-likeness (QED) is 0.770. The number of nitrogens with one attached hydrogen (secondary N) is 1. The molecule has 0 saturated carbocycles. The van der Waals surface area contributed by atoms with Crippen LogP contribution in [0.5, 0.6) is 0 Å². The number of nitrogens with zero attached hydrogens (tertiary/aromatic N) is 2. The molecule has 0 aliphatic rings. The molecule has 0 bridgehead atoms. The lowest BCUT2D eigenvalue weighted by Crippen LogP contribution is -2.04. The number of hydrogen-bond donors (Lipinski definition) is 1. The summed E-state index contributed by atoms with van der Waals surface area (Å²) in [4.78, 5) is 4.33. The van der Waals surface area contributed by atoms with Crippen LogP contribution in [0.4, 0.5) is 5.82 Å². The fraction of sp³-hybridized carbons (Fsp3) is 0.500. The fourth-order valence-electron chi connectivity index (χ4n) is 1.41. The average molecular weight is 235 g/mol. The number of nitriles is 1. The highest BCUT2D eigenvalue weighted by Gasteiger charge is 1.98. The highest BCUT2D eigenvalue weighted by Crippen LogP contribution is 2.09. The minimum Gasteiger partial charge on any atom is -0.370 e. The van der Waals surface area contributed by atoms with Crippen LogP contribution in [-0.2, 0) is 0 Å². The number of anilines is 1. The molecule has 0 amide bonds. The maximum absolute atomic E-state index is 8.82. The normalized spacial score (nSPS) is 9.81. The summed E-state index contributed by atoms with van der Waals surface area (Å²) in [5, 5.41) is 12.1. The standard InChI is InChI=1S/C12H17N3S/c1-10-7-11(9-13)8-12(15-10)14-5-3-4-6-16-2/h7-8H,3-6H2,1-2H3,(H,14,15). The molecule has 1 N–H and O–H groups in total. The molecule has 1 heterocycles. The van der Waals surface area contributed by atoms with Gasteiger partial charge in [-0.15, -0.1) is 0 Å². The van der Waals surface area contributed by atoms with E-state index in [1.807, 2.05) is 18.7 Å². The van der Waals surface area contributed by atoms with E-state index in [-0.39, 0.29) is 0 Å². The summed E-state index contributed by atoms with van der Waals surface area (Å²) >= 11 is 1.87. The molecule has 3 nitrogen and oxygen atoms in total. The van der Waals surface area contributed by atoms with Gasteiger partial charge in [-0.2, -0.15) is 17.0 Å². The Balaban J connectivity index is 2.42. The van der Waals surface area contributed by atoms with Crippen LogP contribution >= 0.6 is 11.8 Å². The van der Waals surface area contributed by atoms with Gasteiger partial charge in [-0.1, -0.05) is 0 Å². The van der Waals surface area contributed by atoms with E-state index in [1.54, 1.807) is 12.1 Å². The van der Waals surface area contributed by atoms with Crippen LogP contribution < -0.4 is 5.32 Å². The van der Waals surface area contributed by atoms with Gasteiger partial charge in [0.05, 0.1) is 11.6 Å². The van der Waals surface area contributed by atoms with Gasteiger partial charge in [0, 0.05) is 12.2 Å². The molecule has 0 unspecified atom stereocenters. The van der Waals surface area contributed by atoms with E-state index in [0.717, 1.165) is 24.5 Å². The van der Waals surface area contributed by atoms with Crippen molar-refractivity contribution in [2.75, 3.05) is 23.9 Å². The molecular weight excluding hydrogens is 218 g/mol. The summed E-state index contributed by atoms with van der Waals surface area (Å²) in [5.74, 6) is 2.01. The van der Waals surface area contributed by atoms with Gasteiger partial charge in [-0.25, -0.2) is 4.98 Å². The van der Waals surface area contributed by atoms with E-state index in [9.17, 15) is 0 Å². The number of rotatable bonds is 6. The predicted molar refractivity (Wildman–Crippen MR) is 69.8 cm³/mol. The van der Waals surface area contributed by atoms with E-state index < -0.39 is 0 Å². The van der Waals surface area contributed by atoms with Crippen molar-refractivity contribution in [2.45, 2.75) is 19.8 Å². The first-order valence-corrected chi connectivity index (χ1v) is 6.77. The molecule has 0 aliphatic heterocycles. The van der Waals surface area contributed by atoms with Crippen LogP contribution in [0.25, 0.3) is 0 Å². The Morgan fingerprint density at radius 3 is 2.94 bits per heavy atom. The molecule has 1 aromatic heterocycles. The minimum atomic E-state index is 0.666. The second kappa shape index (κ2) is 7.13. The van der Waals surface area contributed by atoms with Crippen LogP contribution in [-0.4, -0.2) is 23.5 Å². The molecule has 0 atom stereocenters. The van der Waals surface area contributed by atoms with Gasteiger partial charge < -0.3 is 5.32 Å². The van der Waals surface area contributed by atoms with Crippen LogP contribution in [0.2, 0.25) is 0 Å². The summed E-state index contributed by atoms with van der Waals surface area (Å²) in [6, 6.07) is 5.72. The third-order valence-electron chi connectivity index (χ3n) is 2.16. The maximum Gasteiger partial charge on any atom is 0.127 e. The number of thioether (sulfide) groups is 1. The molecule has 0 fully saturated rings. The Morgan fingerprint density at radius 1 is 1.44 bits per heavy atom. The molecule has 0 aromatic carbocycles. The minimum absolute atomic E-state index is 0.666. The summed E-state index contributed by atoms with van der Waals surface area (Å²) in [5.41, 5.74) is 1.55. The Hall–Kier alpha value is -1.21. The molecule has 1 aromatic rings. The molecule has 0 spiro atoms. The average Bonchev–Trinajstić information content (AvgIpc) is 2.28. The smallest absolute Gasteiger partial charge is 0.127 e. The van der Waals surface area contributed by atoms with Crippen molar-refractivity contribution in [3.05, 3.63) is 23.4 Å². The zero-order valence-corrected chi connectivity index (χ0v) is 10.6. The Morgan fingerprint density at radius 2 is 2.25 bits per heavy atom. The van der Waals surface area contributed by atoms with Gasteiger partial charge in [0.2, 0.25) is 0 Å². The third kappa shape index (κ3) is 4.54. The van der Waals surface area contributed by atoms with Gasteiger partial charge in [-0.05, 0) is 43.9 Å². The van der Waals surface area contributed by atoms with Crippen molar-refractivity contribution < 1.29 is 0 Å². The number of unbranched alkanes of at least 4 members (excludes halogenated alkanes) is 1. The Bertz CT molecular complexity index is 371. The molecule has 0 radical (unpaired) electrons. The first kappa shape index (κ1) is 12.9. The summed E-state index contributed by atoms with van der Waals surface area (Å²) < 4.78 is 0. The molecule has 1 rings (SSSR count). The second-order valence-electron chi connectivity index (χ2n) is 3.62. The first-order chi connectivity index (χ1) is 7.76. The fourth-order valence-corrected chi connectivity index (χ4v) is 1.90. The van der Waals surface area contributed by atoms with E-state index in [1.165, 1.54) is 12.2 Å². The number of pyridine rings is 1. The van der Waals surface area contributed by atoms with Crippen molar-refractivity contribution in [3.8, 4) is 6.07 Å². The lowest BCUT2D eigenvalue weighted by Gasteiger charge is -2.06. The molecule has 0 saturated heterocycles. The van der Waals surface area contributed by atoms with E-state index in [4.69, 9.17) is 5.26 Å². The predicted octanol–water partition coefficient (Wildman–Crippen LogP) is 2.82. The van der Waals surface area contributed by atoms with E-state index in [2.05, 4.69) is 22.6 Å². The lowest BCUT2D eigenvalue weighted by atomic mass is 10.2. The largest absolute Gasteiger partial charge is 0.370 e. The molecule has 4 heteroatoms. The van der Waals surface area contributed by atoms with Crippen LogP contribution in [0.15, 0.2) is 12.1 Å². The molecule has 0 aliphatic carbocycles. The number of aromatic nitrogens is 1. The Kier molecular flexibility index (Phi) is 5.73. The van der Waals surface area contributed by atoms with Gasteiger partial charge in [0.1, 0.15) is 5.82 Å². The van der Waals surface area contributed by atoms with Crippen molar-refractivity contribution in [1.82, 2.24) is 4.98 Å². The highest BCUT2D eigenvalue weighted by atomic mass is 32.2. The molecular formula is C12H17N3S. The zero-order chi connectivity index (χ0) is 11.8. The summed E-state index contributed by atoms with van der Waals surface area (Å²) in [6.45, 7) is 2.82.